The molecule has 1 amide bonds. The molecule has 1 aromatic heterocycles. The maximum atomic E-state index is 12.4. The maximum Gasteiger partial charge on any atom is 0.243 e. The van der Waals surface area contributed by atoms with Crippen molar-refractivity contribution in [2.45, 2.75) is 35.7 Å². The zero-order chi connectivity index (χ0) is 18.4. The van der Waals surface area contributed by atoms with Gasteiger partial charge in [0.05, 0.1) is 10.6 Å². The van der Waals surface area contributed by atoms with Crippen LogP contribution in [0, 0.1) is 0 Å². The minimum Gasteiger partial charge on any atom is -0.351 e. The number of nitrogens with zero attached hydrogens (tertiary/aromatic N) is 3. The average molecular weight is 401 g/mol. The lowest BCUT2D eigenvalue weighted by Gasteiger charge is -2.21. The second-order valence-corrected chi connectivity index (χ2v) is 9.58. The highest BCUT2D eigenvalue weighted by Crippen LogP contribution is 2.19. The Bertz CT molecular complexity index is 790. The van der Waals surface area contributed by atoms with Gasteiger partial charge in [-0.3, -0.25) is 4.79 Å². The van der Waals surface area contributed by atoms with E-state index >= 15 is 0 Å². The summed E-state index contributed by atoms with van der Waals surface area (Å²) in [6.45, 7) is 3.98. The van der Waals surface area contributed by atoms with E-state index in [0.717, 1.165) is 9.90 Å². The lowest BCUT2D eigenvalue weighted by Crippen LogP contribution is -2.33. The van der Waals surface area contributed by atoms with E-state index in [1.54, 1.807) is 36.8 Å². The van der Waals surface area contributed by atoms with Gasteiger partial charge < -0.3 is 5.32 Å². The van der Waals surface area contributed by atoms with Crippen molar-refractivity contribution in [3.05, 3.63) is 35.3 Å². The Morgan fingerprint density at radius 2 is 2.00 bits per heavy atom. The van der Waals surface area contributed by atoms with Gasteiger partial charge in [0.15, 0.2) is 4.34 Å². The standard InChI is InChI=1S/C15H20N4O3S3/c1-11(2)19(3)25(21,22)13-6-4-12(5-7-13)8-16-14(20)9-23-15-18-17-10-24-15/h4-7,10-11H,8-9H2,1-3H3,(H,16,20). The van der Waals surface area contributed by atoms with Gasteiger partial charge in [-0.05, 0) is 31.5 Å². The van der Waals surface area contributed by atoms with Crippen molar-refractivity contribution in [3.63, 3.8) is 0 Å². The first kappa shape index (κ1) is 19.8. The van der Waals surface area contributed by atoms with Crippen LogP contribution in [0.4, 0.5) is 0 Å². The molecular formula is C15H20N4O3S3. The first-order valence-corrected chi connectivity index (χ1v) is 10.8. The zero-order valence-corrected chi connectivity index (χ0v) is 16.6. The van der Waals surface area contributed by atoms with E-state index < -0.39 is 10.0 Å². The van der Waals surface area contributed by atoms with E-state index in [4.69, 9.17) is 0 Å². The molecule has 1 N–H and O–H groups in total. The highest BCUT2D eigenvalue weighted by atomic mass is 32.2. The SMILES string of the molecule is CC(C)N(C)S(=O)(=O)c1ccc(CNC(=O)CSc2nncs2)cc1. The normalized spacial score (nSPS) is 11.9. The Morgan fingerprint density at radius 3 is 2.56 bits per heavy atom. The number of benzene rings is 1. The summed E-state index contributed by atoms with van der Waals surface area (Å²) in [5.41, 5.74) is 2.45. The Kier molecular flexibility index (Phi) is 6.94. The number of hydrogen-bond donors (Lipinski definition) is 1. The summed E-state index contributed by atoms with van der Waals surface area (Å²) in [6.07, 6.45) is 0. The van der Waals surface area contributed by atoms with Crippen molar-refractivity contribution >= 4 is 39.0 Å². The van der Waals surface area contributed by atoms with Gasteiger partial charge >= 0.3 is 0 Å². The van der Waals surface area contributed by atoms with Crippen LogP contribution in [0.5, 0.6) is 0 Å². The molecule has 0 unspecified atom stereocenters. The van der Waals surface area contributed by atoms with Crippen molar-refractivity contribution in [2.75, 3.05) is 12.8 Å². The van der Waals surface area contributed by atoms with Crippen LogP contribution in [0.15, 0.2) is 39.0 Å². The van der Waals surface area contributed by atoms with Gasteiger partial charge in [-0.15, -0.1) is 10.2 Å². The molecule has 0 aliphatic carbocycles. The van der Waals surface area contributed by atoms with E-state index in [0.29, 0.717) is 6.54 Å². The van der Waals surface area contributed by atoms with E-state index in [2.05, 4.69) is 15.5 Å². The van der Waals surface area contributed by atoms with Crippen molar-refractivity contribution in [1.29, 1.82) is 0 Å². The number of carbonyl (C=O) groups excluding carboxylic acids is 1. The van der Waals surface area contributed by atoms with E-state index in [9.17, 15) is 13.2 Å². The molecule has 0 saturated carbocycles. The van der Waals surface area contributed by atoms with Crippen molar-refractivity contribution in [3.8, 4) is 0 Å². The quantitative estimate of drug-likeness (QED) is 0.681. The van der Waals surface area contributed by atoms with Gasteiger partial charge in [0.1, 0.15) is 5.51 Å². The molecule has 10 heteroatoms. The molecule has 136 valence electrons. The molecule has 7 nitrogen and oxygen atoms in total. The van der Waals surface area contributed by atoms with Gasteiger partial charge in [-0.25, -0.2) is 8.42 Å². The summed E-state index contributed by atoms with van der Waals surface area (Å²) >= 11 is 2.72. The van der Waals surface area contributed by atoms with Gasteiger partial charge in [0.2, 0.25) is 15.9 Å². The molecule has 0 saturated heterocycles. The molecular weight excluding hydrogens is 380 g/mol. The fourth-order valence-electron chi connectivity index (χ4n) is 1.83. The van der Waals surface area contributed by atoms with E-state index in [-0.39, 0.29) is 22.6 Å². The number of hydrogen-bond acceptors (Lipinski definition) is 7. The van der Waals surface area contributed by atoms with Crippen LogP contribution in [0.2, 0.25) is 0 Å². The molecule has 0 aliphatic heterocycles. The molecule has 1 heterocycles. The molecule has 0 radical (unpaired) electrons. The average Bonchev–Trinajstić information content (AvgIpc) is 3.11. The number of carbonyl (C=O) groups is 1. The first-order chi connectivity index (χ1) is 11.8. The summed E-state index contributed by atoms with van der Waals surface area (Å²) < 4.78 is 26.9. The number of sulfonamides is 1. The van der Waals surface area contributed by atoms with E-state index in [1.807, 2.05) is 13.8 Å². The van der Waals surface area contributed by atoms with Crippen LogP contribution in [0.25, 0.3) is 0 Å². The molecule has 0 bridgehead atoms. The monoisotopic (exact) mass is 400 g/mol. The van der Waals surface area contributed by atoms with Crippen LogP contribution in [-0.2, 0) is 21.4 Å². The summed E-state index contributed by atoms with van der Waals surface area (Å²) in [5, 5.41) is 10.4. The Hall–Kier alpha value is -1.49. The fourth-order valence-corrected chi connectivity index (χ4v) is 4.51. The molecule has 2 rings (SSSR count). The molecule has 0 fully saturated rings. The highest BCUT2D eigenvalue weighted by molar-refractivity contribution is 8.01. The van der Waals surface area contributed by atoms with Crippen LogP contribution in [0.3, 0.4) is 0 Å². The minimum absolute atomic E-state index is 0.114. The maximum absolute atomic E-state index is 12.4. The predicted octanol–water partition coefficient (Wildman–Crippen LogP) is 1.98. The number of rotatable bonds is 8. The number of thioether (sulfide) groups is 1. The largest absolute Gasteiger partial charge is 0.351 e. The van der Waals surface area contributed by atoms with Gasteiger partial charge in [0, 0.05) is 19.6 Å². The molecule has 0 spiro atoms. The lowest BCUT2D eigenvalue weighted by atomic mass is 10.2. The fraction of sp³-hybridized carbons (Fsp3) is 0.400. The Labute approximate surface area is 155 Å². The van der Waals surface area contributed by atoms with Crippen LogP contribution in [-0.4, -0.2) is 47.7 Å². The third-order valence-electron chi connectivity index (χ3n) is 3.48. The topological polar surface area (TPSA) is 92.3 Å². The van der Waals surface area contributed by atoms with E-state index in [1.165, 1.54) is 27.4 Å². The predicted molar refractivity (Wildman–Crippen MR) is 99.0 cm³/mol. The Balaban J connectivity index is 1.89. The highest BCUT2D eigenvalue weighted by Gasteiger charge is 2.22. The van der Waals surface area contributed by atoms with Crippen molar-refractivity contribution in [2.24, 2.45) is 0 Å². The lowest BCUT2D eigenvalue weighted by molar-refractivity contribution is -0.118. The number of nitrogens with one attached hydrogen (secondary N) is 1. The number of amides is 1. The van der Waals surface area contributed by atoms with Crippen molar-refractivity contribution < 1.29 is 13.2 Å². The summed E-state index contributed by atoms with van der Waals surface area (Å²) in [4.78, 5) is 12.1. The molecule has 25 heavy (non-hydrogen) atoms. The van der Waals surface area contributed by atoms with Gasteiger partial charge in [-0.1, -0.05) is 35.2 Å². The van der Waals surface area contributed by atoms with Crippen LogP contribution in [0.1, 0.15) is 19.4 Å². The zero-order valence-electron chi connectivity index (χ0n) is 14.2. The summed E-state index contributed by atoms with van der Waals surface area (Å²) in [7, 11) is -1.93. The molecule has 0 aliphatic rings. The van der Waals surface area contributed by atoms with Crippen LogP contribution >= 0.6 is 23.1 Å². The third kappa shape index (κ3) is 5.50. The third-order valence-corrected chi connectivity index (χ3v) is 7.39. The van der Waals surface area contributed by atoms with Crippen LogP contribution < -0.4 is 5.32 Å². The molecule has 2 aromatic rings. The first-order valence-electron chi connectivity index (χ1n) is 7.53. The smallest absolute Gasteiger partial charge is 0.243 e. The van der Waals surface area contributed by atoms with Crippen molar-refractivity contribution in [1.82, 2.24) is 19.8 Å². The van der Waals surface area contributed by atoms with Gasteiger partial charge in [0.25, 0.3) is 0 Å². The minimum atomic E-state index is -3.49. The second-order valence-electron chi connectivity index (χ2n) is 5.53. The number of aromatic nitrogens is 2. The summed E-state index contributed by atoms with van der Waals surface area (Å²) in [5.74, 6) is 0.150. The summed E-state index contributed by atoms with van der Waals surface area (Å²) in [6, 6.07) is 6.42. The molecule has 0 atom stereocenters. The Morgan fingerprint density at radius 1 is 1.32 bits per heavy atom. The second kappa shape index (κ2) is 8.75. The molecule has 1 aromatic carbocycles. The van der Waals surface area contributed by atoms with Gasteiger partial charge in [-0.2, -0.15) is 4.31 Å².